The normalized spacial score (nSPS) is 10.6. The van der Waals surface area contributed by atoms with Crippen LogP contribution in [-0.2, 0) is 6.42 Å². The molecule has 0 aliphatic carbocycles. The molecule has 0 spiro atoms. The molecule has 3 rings (SSSR count). The lowest BCUT2D eigenvalue weighted by Crippen LogP contribution is -2.30. The largest absolute Gasteiger partial charge is 0.497 e. The monoisotopic (exact) mass is 367 g/mol. The fourth-order valence-corrected chi connectivity index (χ4v) is 3.07. The summed E-state index contributed by atoms with van der Waals surface area (Å²) in [6, 6.07) is 11.3. The van der Waals surface area contributed by atoms with E-state index in [4.69, 9.17) is 9.47 Å². The average Bonchev–Trinajstić information content (AvgIpc) is 3.08. The third-order valence-electron chi connectivity index (χ3n) is 4.41. The molecule has 0 fully saturated rings. The molecular weight excluding hydrogens is 342 g/mol. The lowest BCUT2D eigenvalue weighted by molar-refractivity contribution is 0.252. The first-order chi connectivity index (χ1) is 13.1. The van der Waals surface area contributed by atoms with Gasteiger partial charge in [0, 0.05) is 29.3 Å². The maximum Gasteiger partial charge on any atom is 0.319 e. The highest BCUT2D eigenvalue weighted by atomic mass is 16.5. The van der Waals surface area contributed by atoms with Gasteiger partial charge >= 0.3 is 6.03 Å². The van der Waals surface area contributed by atoms with E-state index in [2.05, 4.69) is 15.6 Å². The number of aromatic nitrogens is 1. The first-order valence-electron chi connectivity index (χ1n) is 9.03. The molecular formula is C21H25N3O3. The second kappa shape index (κ2) is 8.49. The standard InChI is InChI=1S/C21H25N3O3/c1-4-27-19-7-5-6-18-20(19)15(13-23-18)10-11-22-21(25)24-17-9-8-16(26-3)12-14(17)2/h5-9,12-13,23H,4,10-11H2,1-3H3,(H2,22,24,25). The summed E-state index contributed by atoms with van der Waals surface area (Å²) in [6.07, 6.45) is 2.68. The maximum atomic E-state index is 12.2. The summed E-state index contributed by atoms with van der Waals surface area (Å²) in [7, 11) is 1.62. The number of H-pyrrole nitrogens is 1. The number of hydrogen-bond acceptors (Lipinski definition) is 3. The Balaban J connectivity index is 1.60. The van der Waals surface area contributed by atoms with Crippen molar-refractivity contribution in [1.29, 1.82) is 0 Å². The minimum atomic E-state index is -0.229. The molecule has 2 amide bonds. The number of hydrogen-bond donors (Lipinski definition) is 3. The van der Waals surface area contributed by atoms with Crippen LogP contribution < -0.4 is 20.1 Å². The number of aryl methyl sites for hydroxylation is 1. The van der Waals surface area contributed by atoms with E-state index in [-0.39, 0.29) is 6.03 Å². The number of fused-ring (bicyclic) bond motifs is 1. The summed E-state index contributed by atoms with van der Waals surface area (Å²) >= 11 is 0. The second-order valence-corrected chi connectivity index (χ2v) is 6.24. The van der Waals surface area contributed by atoms with Crippen molar-refractivity contribution in [3.8, 4) is 11.5 Å². The molecule has 1 heterocycles. The molecule has 0 saturated heterocycles. The number of aromatic amines is 1. The zero-order chi connectivity index (χ0) is 19.2. The Labute approximate surface area is 158 Å². The molecule has 3 N–H and O–H groups in total. The van der Waals surface area contributed by atoms with E-state index >= 15 is 0 Å². The van der Waals surface area contributed by atoms with Crippen LogP contribution in [0.5, 0.6) is 11.5 Å². The van der Waals surface area contributed by atoms with Gasteiger partial charge in [-0.15, -0.1) is 0 Å². The molecule has 1 aromatic heterocycles. The van der Waals surface area contributed by atoms with E-state index in [0.29, 0.717) is 19.6 Å². The molecule has 142 valence electrons. The molecule has 0 radical (unpaired) electrons. The number of anilines is 1. The van der Waals surface area contributed by atoms with E-state index in [9.17, 15) is 4.79 Å². The highest BCUT2D eigenvalue weighted by Gasteiger charge is 2.10. The number of ether oxygens (including phenoxy) is 2. The van der Waals surface area contributed by atoms with Crippen LogP contribution in [-0.4, -0.2) is 31.3 Å². The molecule has 6 nitrogen and oxygen atoms in total. The van der Waals surface area contributed by atoms with Crippen molar-refractivity contribution in [3.63, 3.8) is 0 Å². The Hall–Kier alpha value is -3.15. The predicted octanol–water partition coefficient (Wildman–Crippen LogP) is 4.25. The van der Waals surface area contributed by atoms with Gasteiger partial charge in [-0.2, -0.15) is 0 Å². The van der Waals surface area contributed by atoms with Gasteiger partial charge in [0.15, 0.2) is 0 Å². The first-order valence-corrected chi connectivity index (χ1v) is 9.03. The van der Waals surface area contributed by atoms with Gasteiger partial charge in [0.2, 0.25) is 0 Å². The molecule has 3 aromatic rings. The van der Waals surface area contributed by atoms with Crippen molar-refractivity contribution >= 4 is 22.6 Å². The Bertz CT molecular complexity index is 934. The lowest BCUT2D eigenvalue weighted by atomic mass is 10.1. The quantitative estimate of drug-likeness (QED) is 0.584. The molecule has 27 heavy (non-hydrogen) atoms. The van der Waals surface area contributed by atoms with Crippen molar-refractivity contribution in [2.75, 3.05) is 25.6 Å². The average molecular weight is 367 g/mol. The smallest absolute Gasteiger partial charge is 0.319 e. The van der Waals surface area contributed by atoms with Crippen LogP contribution in [0.15, 0.2) is 42.6 Å². The lowest BCUT2D eigenvalue weighted by Gasteiger charge is -2.11. The Kier molecular flexibility index (Phi) is 5.86. The fourth-order valence-electron chi connectivity index (χ4n) is 3.07. The number of benzene rings is 2. The van der Waals surface area contributed by atoms with Gasteiger partial charge < -0.3 is 25.1 Å². The SMILES string of the molecule is CCOc1cccc2[nH]cc(CCNC(=O)Nc3ccc(OC)cc3C)c12. The Morgan fingerprint density at radius 2 is 2.07 bits per heavy atom. The molecule has 6 heteroatoms. The first kappa shape index (κ1) is 18.6. The van der Waals surface area contributed by atoms with Crippen LogP contribution in [0.1, 0.15) is 18.1 Å². The minimum absolute atomic E-state index is 0.229. The van der Waals surface area contributed by atoms with Gasteiger partial charge in [-0.3, -0.25) is 0 Å². The summed E-state index contributed by atoms with van der Waals surface area (Å²) in [5, 5.41) is 6.85. The number of amides is 2. The number of urea groups is 1. The summed E-state index contributed by atoms with van der Waals surface area (Å²) < 4.78 is 10.9. The number of rotatable bonds is 7. The van der Waals surface area contributed by atoms with E-state index in [1.165, 1.54) is 0 Å². The number of methoxy groups -OCH3 is 1. The molecule has 0 aliphatic heterocycles. The van der Waals surface area contributed by atoms with Crippen LogP contribution >= 0.6 is 0 Å². The third-order valence-corrected chi connectivity index (χ3v) is 4.41. The van der Waals surface area contributed by atoms with E-state index in [0.717, 1.165) is 39.2 Å². The predicted molar refractivity (Wildman–Crippen MR) is 108 cm³/mol. The van der Waals surface area contributed by atoms with Crippen LogP contribution in [0.4, 0.5) is 10.5 Å². The van der Waals surface area contributed by atoms with Crippen molar-refractivity contribution in [2.45, 2.75) is 20.3 Å². The second-order valence-electron chi connectivity index (χ2n) is 6.24. The van der Waals surface area contributed by atoms with Crippen LogP contribution in [0.2, 0.25) is 0 Å². The van der Waals surface area contributed by atoms with Gasteiger partial charge in [-0.05, 0) is 61.7 Å². The van der Waals surface area contributed by atoms with Crippen molar-refractivity contribution in [3.05, 3.63) is 53.7 Å². The zero-order valence-electron chi connectivity index (χ0n) is 15.9. The molecule has 0 atom stereocenters. The molecule has 2 aromatic carbocycles. The Morgan fingerprint density at radius 3 is 2.81 bits per heavy atom. The molecule has 0 bridgehead atoms. The third kappa shape index (κ3) is 4.34. The summed E-state index contributed by atoms with van der Waals surface area (Å²) in [4.78, 5) is 15.5. The highest BCUT2D eigenvalue weighted by Crippen LogP contribution is 2.29. The summed E-state index contributed by atoms with van der Waals surface area (Å²) in [6.45, 7) is 5.04. The number of carbonyl (C=O) groups excluding carboxylic acids is 1. The van der Waals surface area contributed by atoms with Crippen LogP contribution in [0.3, 0.4) is 0 Å². The summed E-state index contributed by atoms with van der Waals surface area (Å²) in [5.74, 6) is 1.63. The number of nitrogens with one attached hydrogen (secondary N) is 3. The van der Waals surface area contributed by atoms with Crippen molar-refractivity contribution < 1.29 is 14.3 Å². The van der Waals surface area contributed by atoms with E-state index in [1.54, 1.807) is 7.11 Å². The maximum absolute atomic E-state index is 12.2. The van der Waals surface area contributed by atoms with Gasteiger partial charge in [0.05, 0.1) is 13.7 Å². The van der Waals surface area contributed by atoms with Crippen LogP contribution in [0, 0.1) is 6.92 Å². The van der Waals surface area contributed by atoms with Crippen molar-refractivity contribution in [2.24, 2.45) is 0 Å². The molecule has 0 aliphatic rings. The minimum Gasteiger partial charge on any atom is -0.497 e. The topological polar surface area (TPSA) is 75.4 Å². The highest BCUT2D eigenvalue weighted by molar-refractivity contribution is 5.91. The van der Waals surface area contributed by atoms with E-state index in [1.807, 2.05) is 56.4 Å². The fraction of sp³-hybridized carbons (Fsp3) is 0.286. The summed E-state index contributed by atoms with van der Waals surface area (Å²) in [5.41, 5.74) is 3.87. The van der Waals surface area contributed by atoms with Gasteiger partial charge in [0.1, 0.15) is 11.5 Å². The van der Waals surface area contributed by atoms with Gasteiger partial charge in [-0.1, -0.05) is 6.07 Å². The Morgan fingerprint density at radius 1 is 1.22 bits per heavy atom. The molecule has 0 unspecified atom stereocenters. The molecule has 0 saturated carbocycles. The zero-order valence-corrected chi connectivity index (χ0v) is 15.9. The van der Waals surface area contributed by atoms with Gasteiger partial charge in [0.25, 0.3) is 0 Å². The van der Waals surface area contributed by atoms with Gasteiger partial charge in [-0.25, -0.2) is 4.79 Å². The van der Waals surface area contributed by atoms with Crippen molar-refractivity contribution in [1.82, 2.24) is 10.3 Å². The van der Waals surface area contributed by atoms with Crippen LogP contribution in [0.25, 0.3) is 10.9 Å². The number of carbonyl (C=O) groups is 1. The van der Waals surface area contributed by atoms with E-state index < -0.39 is 0 Å².